The number of ether oxygens (including phenoxy) is 2. The van der Waals surface area contributed by atoms with E-state index in [0.29, 0.717) is 22.1 Å². The van der Waals surface area contributed by atoms with Crippen LogP contribution in [-0.2, 0) is 4.74 Å². The third-order valence-corrected chi connectivity index (χ3v) is 5.44. The third-order valence-electron chi connectivity index (χ3n) is 4.70. The molecule has 2 aliphatic rings. The molecule has 2 saturated heterocycles. The van der Waals surface area contributed by atoms with Crippen LogP contribution in [0.25, 0.3) is 0 Å². The highest BCUT2D eigenvalue weighted by molar-refractivity contribution is 6.42. The zero-order valence-electron chi connectivity index (χ0n) is 12.4. The first-order valence-electron chi connectivity index (χ1n) is 7.50. The van der Waals surface area contributed by atoms with Gasteiger partial charge in [0.2, 0.25) is 0 Å². The molecular formula is C16H21Cl2NO2. The fourth-order valence-corrected chi connectivity index (χ4v) is 4.01. The molecule has 21 heavy (non-hydrogen) atoms. The van der Waals surface area contributed by atoms with Gasteiger partial charge in [0, 0.05) is 25.3 Å². The van der Waals surface area contributed by atoms with E-state index in [0.717, 1.165) is 18.6 Å². The average molecular weight is 330 g/mol. The molecular weight excluding hydrogens is 309 g/mol. The number of benzene rings is 1. The Bertz CT molecular complexity index is 497. The van der Waals surface area contributed by atoms with Crippen molar-refractivity contribution >= 4 is 23.2 Å². The zero-order chi connectivity index (χ0) is 15.0. The monoisotopic (exact) mass is 329 g/mol. The molecule has 116 valence electrons. The van der Waals surface area contributed by atoms with Gasteiger partial charge in [-0.15, -0.1) is 0 Å². The maximum absolute atomic E-state index is 6.12. The lowest BCUT2D eigenvalue weighted by molar-refractivity contribution is -0.0789. The van der Waals surface area contributed by atoms with Crippen molar-refractivity contribution in [2.24, 2.45) is 0 Å². The van der Waals surface area contributed by atoms with Gasteiger partial charge in [-0.2, -0.15) is 0 Å². The molecule has 2 fully saturated rings. The largest absolute Gasteiger partial charge is 0.490 e. The highest BCUT2D eigenvalue weighted by atomic mass is 35.5. The number of piperidine rings is 1. The molecule has 2 aliphatic heterocycles. The number of nitrogens with zero attached hydrogens (tertiary/aromatic N) is 1. The Kier molecular flexibility index (Phi) is 4.65. The Hall–Kier alpha value is -0.480. The van der Waals surface area contributed by atoms with Crippen molar-refractivity contribution in [2.75, 3.05) is 7.11 Å². The molecule has 0 amide bonds. The Morgan fingerprint density at radius 3 is 2.38 bits per heavy atom. The van der Waals surface area contributed by atoms with Crippen LogP contribution in [0.2, 0.25) is 10.0 Å². The number of halogens is 2. The number of hydrogen-bond donors (Lipinski definition) is 0. The summed E-state index contributed by atoms with van der Waals surface area (Å²) in [6.07, 6.45) is 5.00. The van der Waals surface area contributed by atoms with E-state index in [9.17, 15) is 0 Å². The second-order valence-corrected chi connectivity index (χ2v) is 6.77. The van der Waals surface area contributed by atoms with Gasteiger partial charge in [-0.05, 0) is 44.7 Å². The van der Waals surface area contributed by atoms with Crippen LogP contribution in [-0.4, -0.2) is 36.4 Å². The van der Waals surface area contributed by atoms with Crippen LogP contribution in [0.4, 0.5) is 0 Å². The zero-order valence-corrected chi connectivity index (χ0v) is 13.9. The quantitative estimate of drug-likeness (QED) is 0.819. The Balaban J connectivity index is 1.66. The summed E-state index contributed by atoms with van der Waals surface area (Å²) in [6, 6.07) is 6.60. The fraction of sp³-hybridized carbons (Fsp3) is 0.625. The van der Waals surface area contributed by atoms with E-state index >= 15 is 0 Å². The van der Waals surface area contributed by atoms with Crippen LogP contribution in [0, 0.1) is 0 Å². The molecule has 3 rings (SSSR count). The van der Waals surface area contributed by atoms with Crippen LogP contribution in [0.1, 0.15) is 32.6 Å². The van der Waals surface area contributed by atoms with E-state index in [1.165, 1.54) is 12.8 Å². The Labute approximate surface area is 136 Å². The molecule has 1 aromatic carbocycles. The number of hydrogen-bond acceptors (Lipinski definition) is 3. The van der Waals surface area contributed by atoms with Crippen molar-refractivity contribution < 1.29 is 9.47 Å². The second kappa shape index (κ2) is 6.33. The molecule has 0 spiro atoms. The number of fused-ring (bicyclic) bond motifs is 2. The van der Waals surface area contributed by atoms with Gasteiger partial charge in [-0.1, -0.05) is 23.2 Å². The Morgan fingerprint density at radius 2 is 1.81 bits per heavy atom. The van der Waals surface area contributed by atoms with Gasteiger partial charge >= 0.3 is 0 Å². The molecule has 4 atom stereocenters. The lowest BCUT2D eigenvalue weighted by Crippen LogP contribution is -2.50. The van der Waals surface area contributed by atoms with Crippen LogP contribution in [0.5, 0.6) is 5.75 Å². The van der Waals surface area contributed by atoms with Crippen LogP contribution in [0.15, 0.2) is 18.2 Å². The van der Waals surface area contributed by atoms with Gasteiger partial charge in [0.1, 0.15) is 18.1 Å². The van der Waals surface area contributed by atoms with Crippen molar-refractivity contribution in [3.8, 4) is 5.75 Å². The first-order valence-corrected chi connectivity index (χ1v) is 8.26. The maximum atomic E-state index is 6.12. The molecule has 2 bridgehead atoms. The SMILES string of the molecule is COC(C)N1[C@@H]2CC[C@H]1C[C@H](Oc1ccc(Cl)c(Cl)c1)C2. The van der Waals surface area contributed by atoms with E-state index in [1.807, 2.05) is 6.07 Å². The minimum atomic E-state index is 0.188. The van der Waals surface area contributed by atoms with E-state index in [2.05, 4.69) is 11.8 Å². The van der Waals surface area contributed by atoms with Crippen LogP contribution in [0.3, 0.4) is 0 Å². The predicted molar refractivity (Wildman–Crippen MR) is 85.2 cm³/mol. The first-order chi connectivity index (χ1) is 10.1. The summed E-state index contributed by atoms with van der Waals surface area (Å²) in [5.74, 6) is 0.807. The van der Waals surface area contributed by atoms with E-state index in [-0.39, 0.29) is 12.3 Å². The van der Waals surface area contributed by atoms with Gasteiger partial charge in [0.15, 0.2) is 0 Å². The molecule has 2 heterocycles. The number of rotatable bonds is 4. The van der Waals surface area contributed by atoms with Crippen molar-refractivity contribution in [1.82, 2.24) is 4.90 Å². The van der Waals surface area contributed by atoms with Gasteiger partial charge in [-0.25, -0.2) is 0 Å². The van der Waals surface area contributed by atoms with E-state index in [1.54, 1.807) is 19.2 Å². The van der Waals surface area contributed by atoms with Gasteiger partial charge in [0.25, 0.3) is 0 Å². The van der Waals surface area contributed by atoms with Crippen molar-refractivity contribution in [2.45, 2.75) is 57.0 Å². The highest BCUT2D eigenvalue weighted by Gasteiger charge is 2.43. The average Bonchev–Trinajstić information content (AvgIpc) is 2.73. The molecule has 5 heteroatoms. The molecule has 0 N–H and O–H groups in total. The lowest BCUT2D eigenvalue weighted by Gasteiger charge is -2.41. The number of methoxy groups -OCH3 is 1. The summed E-state index contributed by atoms with van der Waals surface area (Å²) in [6.45, 7) is 2.13. The third kappa shape index (κ3) is 3.16. The predicted octanol–water partition coefficient (Wildman–Crippen LogP) is 4.36. The van der Waals surface area contributed by atoms with Gasteiger partial charge in [0.05, 0.1) is 10.0 Å². The summed E-state index contributed by atoms with van der Waals surface area (Å²) >= 11 is 12.0. The smallest absolute Gasteiger partial charge is 0.121 e. The van der Waals surface area contributed by atoms with E-state index in [4.69, 9.17) is 32.7 Å². The highest BCUT2D eigenvalue weighted by Crippen LogP contribution is 2.39. The van der Waals surface area contributed by atoms with Crippen molar-refractivity contribution in [1.29, 1.82) is 0 Å². The van der Waals surface area contributed by atoms with E-state index < -0.39 is 0 Å². The molecule has 0 aliphatic carbocycles. The molecule has 1 aromatic rings. The second-order valence-electron chi connectivity index (χ2n) is 5.95. The minimum Gasteiger partial charge on any atom is -0.490 e. The molecule has 0 saturated carbocycles. The standard InChI is InChI=1S/C16H21Cl2NO2/c1-10(20-2)19-11-3-4-12(19)8-14(7-11)21-13-5-6-15(17)16(18)9-13/h5-6,9-12,14H,3-4,7-8H2,1-2H3/t10?,11-,12+,14-. The molecule has 0 aromatic heterocycles. The summed E-state index contributed by atoms with van der Waals surface area (Å²) in [5.41, 5.74) is 0. The normalized spacial score (nSPS) is 30.4. The van der Waals surface area contributed by atoms with Gasteiger partial charge in [-0.3, -0.25) is 4.90 Å². The van der Waals surface area contributed by atoms with Gasteiger partial charge < -0.3 is 9.47 Å². The molecule has 3 nitrogen and oxygen atoms in total. The topological polar surface area (TPSA) is 21.7 Å². The summed E-state index contributed by atoms with van der Waals surface area (Å²) in [5, 5.41) is 1.11. The fourth-order valence-electron chi connectivity index (χ4n) is 3.72. The summed E-state index contributed by atoms with van der Waals surface area (Å²) < 4.78 is 11.6. The lowest BCUT2D eigenvalue weighted by atomic mass is 9.99. The van der Waals surface area contributed by atoms with Crippen LogP contribution < -0.4 is 4.74 Å². The van der Waals surface area contributed by atoms with Crippen molar-refractivity contribution in [3.63, 3.8) is 0 Å². The van der Waals surface area contributed by atoms with Crippen molar-refractivity contribution in [3.05, 3.63) is 28.2 Å². The molecule has 1 unspecified atom stereocenters. The summed E-state index contributed by atoms with van der Waals surface area (Å²) in [4.78, 5) is 2.51. The maximum Gasteiger partial charge on any atom is 0.121 e. The first kappa shape index (κ1) is 15.4. The minimum absolute atomic E-state index is 0.188. The molecule has 0 radical (unpaired) electrons. The van der Waals surface area contributed by atoms with Crippen LogP contribution >= 0.6 is 23.2 Å². The summed E-state index contributed by atoms with van der Waals surface area (Å²) in [7, 11) is 1.78. The Morgan fingerprint density at radius 1 is 1.14 bits per heavy atom.